The van der Waals surface area contributed by atoms with E-state index in [9.17, 15) is 4.79 Å². The lowest BCUT2D eigenvalue weighted by molar-refractivity contribution is 0.0773. The van der Waals surface area contributed by atoms with Gasteiger partial charge in [-0.25, -0.2) is 0 Å². The molecule has 0 fully saturated rings. The lowest BCUT2D eigenvalue weighted by Crippen LogP contribution is -2.30. The molecule has 0 saturated carbocycles. The van der Waals surface area contributed by atoms with Crippen LogP contribution < -0.4 is 5.73 Å². The second kappa shape index (κ2) is 6.35. The number of hydrogen-bond donors (Lipinski definition) is 1. The molecule has 2 N–H and O–H groups in total. The van der Waals surface area contributed by atoms with E-state index in [2.05, 4.69) is 0 Å². The SMILES string of the molecule is CCN(CC)C(=O)c1ccc(CC(N)=S)cc1. The number of amides is 1. The summed E-state index contributed by atoms with van der Waals surface area (Å²) in [6, 6.07) is 7.45. The Bertz CT molecular complexity index is 396. The van der Waals surface area contributed by atoms with Crippen LogP contribution in [-0.4, -0.2) is 28.9 Å². The fourth-order valence-electron chi connectivity index (χ4n) is 1.66. The minimum absolute atomic E-state index is 0.0666. The third-order valence-electron chi connectivity index (χ3n) is 2.63. The third-order valence-corrected chi connectivity index (χ3v) is 2.77. The minimum Gasteiger partial charge on any atom is -0.393 e. The molecule has 0 unspecified atom stereocenters. The molecule has 0 atom stereocenters. The molecular formula is C13H18N2OS. The van der Waals surface area contributed by atoms with Crippen molar-refractivity contribution >= 4 is 23.1 Å². The second-order valence-electron chi connectivity index (χ2n) is 3.82. The van der Waals surface area contributed by atoms with Gasteiger partial charge in [-0.15, -0.1) is 0 Å². The van der Waals surface area contributed by atoms with Gasteiger partial charge in [0.25, 0.3) is 5.91 Å². The maximum absolute atomic E-state index is 12.0. The summed E-state index contributed by atoms with van der Waals surface area (Å²) in [7, 11) is 0. The fourth-order valence-corrected chi connectivity index (χ4v) is 1.83. The minimum atomic E-state index is 0.0666. The Morgan fingerprint density at radius 3 is 2.18 bits per heavy atom. The summed E-state index contributed by atoms with van der Waals surface area (Å²) >= 11 is 4.84. The quantitative estimate of drug-likeness (QED) is 0.813. The van der Waals surface area contributed by atoms with Crippen LogP contribution >= 0.6 is 12.2 Å². The summed E-state index contributed by atoms with van der Waals surface area (Å²) in [5.74, 6) is 0.0666. The lowest BCUT2D eigenvalue weighted by Gasteiger charge is -2.18. The number of nitrogens with two attached hydrogens (primary N) is 1. The maximum Gasteiger partial charge on any atom is 0.253 e. The van der Waals surface area contributed by atoms with Crippen LogP contribution in [0, 0.1) is 0 Å². The maximum atomic E-state index is 12.0. The molecule has 1 aromatic carbocycles. The first-order valence-corrected chi connectivity index (χ1v) is 6.15. The van der Waals surface area contributed by atoms with Crippen molar-refractivity contribution in [2.24, 2.45) is 5.73 Å². The van der Waals surface area contributed by atoms with Crippen LogP contribution in [0.3, 0.4) is 0 Å². The Labute approximate surface area is 108 Å². The van der Waals surface area contributed by atoms with Gasteiger partial charge in [0.1, 0.15) is 0 Å². The van der Waals surface area contributed by atoms with Crippen molar-refractivity contribution in [2.45, 2.75) is 20.3 Å². The molecule has 0 aliphatic rings. The second-order valence-corrected chi connectivity index (χ2v) is 4.34. The van der Waals surface area contributed by atoms with Gasteiger partial charge in [0.15, 0.2) is 0 Å². The van der Waals surface area contributed by atoms with Crippen molar-refractivity contribution in [3.8, 4) is 0 Å². The summed E-state index contributed by atoms with van der Waals surface area (Å²) in [5, 5.41) is 0. The Morgan fingerprint density at radius 1 is 1.24 bits per heavy atom. The molecule has 0 aromatic heterocycles. The number of benzene rings is 1. The number of nitrogens with zero attached hydrogens (tertiary/aromatic N) is 1. The lowest BCUT2D eigenvalue weighted by atomic mass is 10.1. The Morgan fingerprint density at radius 2 is 1.76 bits per heavy atom. The molecule has 0 aliphatic heterocycles. The van der Waals surface area contributed by atoms with Gasteiger partial charge in [-0.3, -0.25) is 4.79 Å². The van der Waals surface area contributed by atoms with Crippen LogP contribution in [-0.2, 0) is 6.42 Å². The summed E-state index contributed by atoms with van der Waals surface area (Å²) in [4.78, 5) is 14.3. The molecule has 92 valence electrons. The highest BCUT2D eigenvalue weighted by atomic mass is 32.1. The van der Waals surface area contributed by atoms with Crippen LogP contribution in [0.2, 0.25) is 0 Å². The Balaban J connectivity index is 2.80. The van der Waals surface area contributed by atoms with Gasteiger partial charge < -0.3 is 10.6 Å². The van der Waals surface area contributed by atoms with Crippen molar-refractivity contribution < 1.29 is 4.79 Å². The molecule has 1 amide bonds. The van der Waals surface area contributed by atoms with Crippen LogP contribution in [0.1, 0.15) is 29.8 Å². The summed E-state index contributed by atoms with van der Waals surface area (Å²) in [6.07, 6.45) is 0.578. The van der Waals surface area contributed by atoms with Gasteiger partial charge in [-0.2, -0.15) is 0 Å². The molecule has 0 aliphatic carbocycles. The zero-order valence-electron chi connectivity index (χ0n) is 10.3. The normalized spacial score (nSPS) is 10.0. The molecule has 0 spiro atoms. The topological polar surface area (TPSA) is 46.3 Å². The molecule has 1 rings (SSSR count). The highest BCUT2D eigenvalue weighted by Gasteiger charge is 2.11. The van der Waals surface area contributed by atoms with E-state index in [-0.39, 0.29) is 5.91 Å². The number of hydrogen-bond acceptors (Lipinski definition) is 2. The van der Waals surface area contributed by atoms with E-state index in [1.54, 1.807) is 4.90 Å². The summed E-state index contributed by atoms with van der Waals surface area (Å²) in [5.41, 5.74) is 7.21. The first kappa shape index (κ1) is 13.6. The van der Waals surface area contributed by atoms with Crippen LogP contribution in [0.4, 0.5) is 0 Å². The number of rotatable bonds is 5. The summed E-state index contributed by atoms with van der Waals surface area (Å²) < 4.78 is 0. The predicted octanol–water partition coefficient (Wildman–Crippen LogP) is 2.00. The molecule has 0 heterocycles. The molecule has 0 saturated heterocycles. The van der Waals surface area contributed by atoms with Crippen LogP contribution in [0.5, 0.6) is 0 Å². The highest BCUT2D eigenvalue weighted by Crippen LogP contribution is 2.08. The predicted molar refractivity (Wildman–Crippen MR) is 74.2 cm³/mol. The van der Waals surface area contributed by atoms with Crippen LogP contribution in [0.25, 0.3) is 0 Å². The largest absolute Gasteiger partial charge is 0.393 e. The molecule has 17 heavy (non-hydrogen) atoms. The van der Waals surface area contributed by atoms with Crippen molar-refractivity contribution in [2.75, 3.05) is 13.1 Å². The van der Waals surface area contributed by atoms with E-state index in [0.717, 1.165) is 18.7 Å². The molecule has 3 nitrogen and oxygen atoms in total. The number of carbonyl (C=O) groups is 1. The first-order valence-electron chi connectivity index (χ1n) is 5.75. The molecular weight excluding hydrogens is 232 g/mol. The zero-order valence-corrected chi connectivity index (χ0v) is 11.1. The van der Waals surface area contributed by atoms with E-state index in [4.69, 9.17) is 18.0 Å². The summed E-state index contributed by atoms with van der Waals surface area (Å²) in [6.45, 7) is 5.40. The molecule has 0 radical (unpaired) electrons. The Hall–Kier alpha value is -1.42. The third kappa shape index (κ3) is 3.82. The number of carbonyl (C=O) groups excluding carboxylic acids is 1. The smallest absolute Gasteiger partial charge is 0.253 e. The van der Waals surface area contributed by atoms with Gasteiger partial charge in [0, 0.05) is 25.1 Å². The van der Waals surface area contributed by atoms with E-state index < -0.39 is 0 Å². The fraction of sp³-hybridized carbons (Fsp3) is 0.385. The van der Waals surface area contributed by atoms with E-state index in [1.165, 1.54) is 0 Å². The van der Waals surface area contributed by atoms with Crippen molar-refractivity contribution in [3.05, 3.63) is 35.4 Å². The van der Waals surface area contributed by atoms with Crippen molar-refractivity contribution in [1.82, 2.24) is 4.90 Å². The van der Waals surface area contributed by atoms with E-state index in [1.807, 2.05) is 38.1 Å². The van der Waals surface area contributed by atoms with Gasteiger partial charge in [0.05, 0.1) is 4.99 Å². The monoisotopic (exact) mass is 250 g/mol. The molecule has 0 bridgehead atoms. The molecule has 1 aromatic rings. The van der Waals surface area contributed by atoms with E-state index in [0.29, 0.717) is 17.0 Å². The van der Waals surface area contributed by atoms with Gasteiger partial charge >= 0.3 is 0 Å². The zero-order chi connectivity index (χ0) is 12.8. The number of thiocarbonyl (C=S) groups is 1. The average molecular weight is 250 g/mol. The van der Waals surface area contributed by atoms with Crippen molar-refractivity contribution in [3.63, 3.8) is 0 Å². The molecule has 4 heteroatoms. The van der Waals surface area contributed by atoms with Gasteiger partial charge in [-0.05, 0) is 31.5 Å². The van der Waals surface area contributed by atoms with Crippen molar-refractivity contribution in [1.29, 1.82) is 0 Å². The standard InChI is InChI=1S/C13H18N2OS/c1-3-15(4-2)13(16)11-7-5-10(6-8-11)9-12(14)17/h5-8H,3-4,9H2,1-2H3,(H2,14,17). The van der Waals surface area contributed by atoms with Crippen LogP contribution in [0.15, 0.2) is 24.3 Å². The first-order chi connectivity index (χ1) is 8.08. The van der Waals surface area contributed by atoms with Gasteiger partial charge in [0.2, 0.25) is 0 Å². The highest BCUT2D eigenvalue weighted by molar-refractivity contribution is 7.80. The van der Waals surface area contributed by atoms with E-state index >= 15 is 0 Å². The average Bonchev–Trinajstić information content (AvgIpc) is 2.30. The van der Waals surface area contributed by atoms with Gasteiger partial charge in [-0.1, -0.05) is 24.4 Å². The Kier molecular flexibility index (Phi) is 5.10.